The minimum atomic E-state index is -0.755. The molecule has 0 radical (unpaired) electrons. The molecule has 0 spiro atoms. The Morgan fingerprint density at radius 3 is 2.32 bits per heavy atom. The van der Waals surface area contributed by atoms with E-state index in [0.29, 0.717) is 25.7 Å². The summed E-state index contributed by atoms with van der Waals surface area (Å²) in [7, 11) is 0. The quantitative estimate of drug-likeness (QED) is 0.387. The molecule has 0 aromatic heterocycles. The number of carbonyl (C=O) groups is 1. The number of benzene rings is 2. The highest BCUT2D eigenvalue weighted by atomic mass is 16.4. The molecule has 2 unspecified atom stereocenters. The molecule has 1 saturated carbocycles. The predicted molar refractivity (Wildman–Crippen MR) is 122 cm³/mol. The van der Waals surface area contributed by atoms with Crippen molar-refractivity contribution in [1.29, 1.82) is 0 Å². The molecule has 5 nitrogen and oxygen atoms in total. The molecule has 2 aromatic rings. The summed E-state index contributed by atoms with van der Waals surface area (Å²) in [5.41, 5.74) is 2.10. The summed E-state index contributed by atoms with van der Waals surface area (Å²) < 4.78 is 0. The maximum atomic E-state index is 10.8. The van der Waals surface area contributed by atoms with Crippen molar-refractivity contribution in [3.63, 3.8) is 0 Å². The molecule has 0 bridgehead atoms. The normalized spacial score (nSPS) is 24.5. The van der Waals surface area contributed by atoms with Gasteiger partial charge < -0.3 is 20.4 Å². The highest BCUT2D eigenvalue weighted by Crippen LogP contribution is 2.40. The lowest BCUT2D eigenvalue weighted by atomic mass is 9.84. The Bertz CT molecular complexity index is 864. The van der Waals surface area contributed by atoms with Crippen LogP contribution in [0.5, 0.6) is 0 Å². The van der Waals surface area contributed by atoms with E-state index in [-0.39, 0.29) is 18.3 Å². The van der Waals surface area contributed by atoms with Gasteiger partial charge in [-0.15, -0.1) is 0 Å². The summed E-state index contributed by atoms with van der Waals surface area (Å²) in [5, 5.41) is 42.6. The molecule has 170 valence electrons. The van der Waals surface area contributed by atoms with Gasteiger partial charge in [-0.1, -0.05) is 55.2 Å². The van der Waals surface area contributed by atoms with Gasteiger partial charge in [0.15, 0.2) is 0 Å². The number of carboxylic acid groups (broad SMARTS) is 1. The van der Waals surface area contributed by atoms with E-state index >= 15 is 0 Å². The number of aliphatic carboxylic acids is 1. The molecule has 3 rings (SSSR count). The van der Waals surface area contributed by atoms with Gasteiger partial charge in [0, 0.05) is 6.42 Å². The van der Waals surface area contributed by atoms with Crippen LogP contribution in [0.25, 0.3) is 10.8 Å². The van der Waals surface area contributed by atoms with Crippen molar-refractivity contribution in [2.24, 2.45) is 11.8 Å². The average Bonchev–Trinajstić information content (AvgIpc) is 3.00. The molecular formula is C26H36O5. The largest absolute Gasteiger partial charge is 0.481 e. The Balaban J connectivity index is 1.52. The van der Waals surface area contributed by atoms with Gasteiger partial charge in [-0.2, -0.15) is 0 Å². The zero-order valence-corrected chi connectivity index (χ0v) is 18.4. The fourth-order valence-electron chi connectivity index (χ4n) is 5.10. The van der Waals surface area contributed by atoms with E-state index in [4.69, 9.17) is 5.11 Å². The lowest BCUT2D eigenvalue weighted by Crippen LogP contribution is -2.23. The topological polar surface area (TPSA) is 98.0 Å². The number of unbranched alkanes of at least 4 members (excludes halogenated alkanes) is 3. The van der Waals surface area contributed by atoms with E-state index in [9.17, 15) is 20.1 Å². The highest BCUT2D eigenvalue weighted by molar-refractivity contribution is 5.83. The molecule has 0 heterocycles. The zero-order valence-electron chi connectivity index (χ0n) is 18.4. The van der Waals surface area contributed by atoms with E-state index < -0.39 is 24.3 Å². The zero-order chi connectivity index (χ0) is 22.4. The van der Waals surface area contributed by atoms with Crippen LogP contribution < -0.4 is 0 Å². The number of rotatable bonds is 11. The van der Waals surface area contributed by atoms with Crippen molar-refractivity contribution >= 4 is 16.7 Å². The molecule has 1 aliphatic carbocycles. The van der Waals surface area contributed by atoms with Crippen molar-refractivity contribution in [2.75, 3.05) is 0 Å². The molecule has 4 N–H and O–H groups in total. The first-order chi connectivity index (χ1) is 14.8. The van der Waals surface area contributed by atoms with Crippen LogP contribution in [-0.2, 0) is 4.79 Å². The first-order valence-corrected chi connectivity index (χ1v) is 11.6. The SMILES string of the molecule is Cc1ccc2cc(C(O)CCC3[C@H](O)C[C@H](O)[C@@H]3CCCCCCC(=O)O)ccc2c1. The van der Waals surface area contributed by atoms with Gasteiger partial charge in [0.05, 0.1) is 18.3 Å². The predicted octanol–water partition coefficient (Wildman–Crippen LogP) is 4.74. The van der Waals surface area contributed by atoms with E-state index in [1.807, 2.05) is 18.2 Å². The third-order valence-electron chi connectivity index (χ3n) is 6.88. The van der Waals surface area contributed by atoms with Crippen LogP contribution in [0.2, 0.25) is 0 Å². The molecule has 0 aliphatic heterocycles. The molecule has 5 heteroatoms. The van der Waals surface area contributed by atoms with Crippen molar-refractivity contribution in [1.82, 2.24) is 0 Å². The number of aliphatic hydroxyl groups is 3. The fraction of sp³-hybridized carbons (Fsp3) is 0.577. The van der Waals surface area contributed by atoms with Gasteiger partial charge in [-0.05, 0) is 73.3 Å². The number of aliphatic hydroxyl groups excluding tert-OH is 3. The fourth-order valence-corrected chi connectivity index (χ4v) is 5.10. The Morgan fingerprint density at radius 1 is 0.935 bits per heavy atom. The maximum absolute atomic E-state index is 10.8. The molecule has 1 aliphatic rings. The smallest absolute Gasteiger partial charge is 0.303 e. The summed E-state index contributed by atoms with van der Waals surface area (Å²) in [6.45, 7) is 2.07. The molecule has 2 aromatic carbocycles. The minimum absolute atomic E-state index is 0.00762. The number of aryl methyl sites for hydroxylation is 1. The number of hydrogen-bond acceptors (Lipinski definition) is 4. The van der Waals surface area contributed by atoms with E-state index in [1.165, 1.54) is 5.56 Å². The lowest BCUT2D eigenvalue weighted by Gasteiger charge is -2.25. The maximum Gasteiger partial charge on any atom is 0.303 e. The third-order valence-corrected chi connectivity index (χ3v) is 6.88. The van der Waals surface area contributed by atoms with Crippen molar-refractivity contribution in [2.45, 2.75) is 83.0 Å². The van der Waals surface area contributed by atoms with Crippen molar-refractivity contribution in [3.8, 4) is 0 Å². The molecule has 1 fully saturated rings. The summed E-state index contributed by atoms with van der Waals surface area (Å²) in [5.74, 6) is -0.720. The van der Waals surface area contributed by atoms with Crippen LogP contribution in [0.15, 0.2) is 36.4 Å². The molecule has 0 saturated heterocycles. The standard InChI is InChI=1S/C26H36O5/c1-17-8-9-19-15-20(11-10-18(19)14-17)23(27)13-12-22-21(24(28)16-25(22)29)6-4-2-3-5-7-26(30)31/h8-11,14-15,21-25,27-29H,2-7,12-13,16H2,1H3,(H,30,31)/t21-,22?,23?,24+,25-/m1/s1. The van der Waals surface area contributed by atoms with E-state index in [1.54, 1.807) is 0 Å². The second-order valence-corrected chi connectivity index (χ2v) is 9.25. The van der Waals surface area contributed by atoms with Gasteiger partial charge in [0.2, 0.25) is 0 Å². The molecular weight excluding hydrogens is 392 g/mol. The summed E-state index contributed by atoms with van der Waals surface area (Å²) >= 11 is 0. The van der Waals surface area contributed by atoms with Gasteiger partial charge in [0.1, 0.15) is 0 Å². The van der Waals surface area contributed by atoms with Crippen molar-refractivity contribution < 1.29 is 25.2 Å². The van der Waals surface area contributed by atoms with Crippen LogP contribution in [0.3, 0.4) is 0 Å². The summed E-state index contributed by atoms with van der Waals surface area (Å²) in [6, 6.07) is 12.3. The van der Waals surface area contributed by atoms with Crippen LogP contribution in [-0.4, -0.2) is 38.6 Å². The Morgan fingerprint density at radius 2 is 1.58 bits per heavy atom. The lowest BCUT2D eigenvalue weighted by molar-refractivity contribution is -0.137. The van der Waals surface area contributed by atoms with E-state index in [0.717, 1.165) is 42.0 Å². The Hall–Kier alpha value is -1.95. The summed E-state index contributed by atoms with van der Waals surface area (Å²) in [4.78, 5) is 10.6. The molecule has 31 heavy (non-hydrogen) atoms. The summed E-state index contributed by atoms with van der Waals surface area (Å²) in [6.07, 6.45) is 4.49. The average molecular weight is 429 g/mol. The molecule has 5 atom stereocenters. The first-order valence-electron chi connectivity index (χ1n) is 11.6. The first kappa shape index (κ1) is 23.7. The van der Waals surface area contributed by atoms with E-state index in [2.05, 4.69) is 25.1 Å². The molecule has 0 amide bonds. The monoisotopic (exact) mass is 428 g/mol. The van der Waals surface area contributed by atoms with Crippen LogP contribution >= 0.6 is 0 Å². The van der Waals surface area contributed by atoms with Crippen LogP contribution in [0.1, 0.15) is 75.0 Å². The Labute approximate surface area is 184 Å². The number of carboxylic acids is 1. The van der Waals surface area contributed by atoms with Gasteiger partial charge in [0.25, 0.3) is 0 Å². The van der Waals surface area contributed by atoms with Gasteiger partial charge in [-0.25, -0.2) is 0 Å². The Kier molecular flexibility index (Phi) is 8.47. The second kappa shape index (κ2) is 11.1. The highest BCUT2D eigenvalue weighted by Gasteiger charge is 2.40. The van der Waals surface area contributed by atoms with Crippen LogP contribution in [0, 0.1) is 18.8 Å². The van der Waals surface area contributed by atoms with Crippen LogP contribution in [0.4, 0.5) is 0 Å². The number of fused-ring (bicyclic) bond motifs is 1. The minimum Gasteiger partial charge on any atom is -0.481 e. The second-order valence-electron chi connectivity index (χ2n) is 9.25. The third kappa shape index (κ3) is 6.52. The van der Waals surface area contributed by atoms with Crippen molar-refractivity contribution in [3.05, 3.63) is 47.5 Å². The van der Waals surface area contributed by atoms with Gasteiger partial charge >= 0.3 is 5.97 Å². The number of hydrogen-bond donors (Lipinski definition) is 4. The van der Waals surface area contributed by atoms with Gasteiger partial charge in [-0.3, -0.25) is 4.79 Å².